The smallest absolute Gasteiger partial charge is 0.416 e. The second-order valence-corrected chi connectivity index (χ2v) is 8.96. The largest absolute Gasteiger partial charge is 0.494 e. The molecule has 0 unspecified atom stereocenters. The van der Waals surface area contributed by atoms with E-state index in [1.807, 2.05) is 17.0 Å². The Kier molecular flexibility index (Phi) is 6.24. The van der Waals surface area contributed by atoms with Gasteiger partial charge in [-0.15, -0.1) is 0 Å². The van der Waals surface area contributed by atoms with Crippen LogP contribution in [0.15, 0.2) is 66.7 Å². The minimum Gasteiger partial charge on any atom is -0.494 e. The summed E-state index contributed by atoms with van der Waals surface area (Å²) in [5.41, 5.74) is 1.07. The van der Waals surface area contributed by atoms with Gasteiger partial charge in [-0.3, -0.25) is 4.90 Å². The van der Waals surface area contributed by atoms with Crippen LogP contribution in [0.5, 0.6) is 5.75 Å². The van der Waals surface area contributed by atoms with Crippen LogP contribution in [-0.2, 0) is 19.3 Å². The highest BCUT2D eigenvalue weighted by atomic mass is 19.4. The second kappa shape index (κ2) is 9.37. The zero-order valence-corrected chi connectivity index (χ0v) is 19.6. The number of fused-ring (bicyclic) bond motifs is 1. The number of hydrogen-bond donors (Lipinski definition) is 0. The molecular weight excluding hydrogens is 474 g/mol. The average molecular weight is 500 g/mol. The molecular formula is C27H25F4N3O2. The molecule has 188 valence electrons. The molecule has 0 aromatic heterocycles. The average Bonchev–Trinajstić information content (AvgIpc) is 3.34. The highest BCUT2D eigenvalue weighted by Gasteiger charge is 2.40. The van der Waals surface area contributed by atoms with E-state index < -0.39 is 17.6 Å². The van der Waals surface area contributed by atoms with Gasteiger partial charge < -0.3 is 14.5 Å². The third kappa shape index (κ3) is 4.34. The molecule has 5 rings (SSSR count). The summed E-state index contributed by atoms with van der Waals surface area (Å²) < 4.78 is 61.0. The van der Waals surface area contributed by atoms with Crippen LogP contribution in [0.3, 0.4) is 0 Å². The number of carbonyl (C=O) groups excluding carboxylic acids is 1. The van der Waals surface area contributed by atoms with Gasteiger partial charge in [0.15, 0.2) is 0 Å². The third-order valence-corrected chi connectivity index (χ3v) is 6.84. The fourth-order valence-corrected chi connectivity index (χ4v) is 5.13. The third-order valence-electron chi connectivity index (χ3n) is 6.84. The van der Waals surface area contributed by atoms with Crippen molar-refractivity contribution in [2.45, 2.75) is 31.7 Å². The Morgan fingerprint density at radius 1 is 1.00 bits per heavy atom. The molecule has 0 N–H and O–H groups in total. The van der Waals surface area contributed by atoms with Gasteiger partial charge in [0.05, 0.1) is 30.9 Å². The summed E-state index contributed by atoms with van der Waals surface area (Å²) in [6, 6.07) is 16.6. The van der Waals surface area contributed by atoms with Gasteiger partial charge in [0.2, 0.25) is 0 Å². The Hall–Kier alpha value is -3.75. The first kappa shape index (κ1) is 24.0. The van der Waals surface area contributed by atoms with Gasteiger partial charge in [-0.25, -0.2) is 9.18 Å². The van der Waals surface area contributed by atoms with Crippen molar-refractivity contribution in [3.63, 3.8) is 0 Å². The van der Waals surface area contributed by atoms with Crippen LogP contribution >= 0.6 is 0 Å². The maximum Gasteiger partial charge on any atom is 0.416 e. The lowest BCUT2D eigenvalue weighted by molar-refractivity contribution is -0.138. The molecule has 0 spiro atoms. The zero-order chi connectivity index (χ0) is 25.4. The Morgan fingerprint density at radius 3 is 2.53 bits per heavy atom. The minimum atomic E-state index is -4.53. The lowest BCUT2D eigenvalue weighted by Crippen LogP contribution is -2.52. The summed E-state index contributed by atoms with van der Waals surface area (Å²) in [6.07, 6.45) is -3.93. The number of amides is 2. The molecule has 1 atom stereocenters. The van der Waals surface area contributed by atoms with E-state index in [0.717, 1.165) is 11.6 Å². The number of halogens is 4. The standard InChI is InChI=1S/C27H25F4N3O2/c1-36-24-12-6-10-22(28)25(24)32-14-13-20(17-32)33-16-19-8-3-5-11-23(19)34(26(33)35)15-18-7-2-4-9-21(18)27(29,30)31/h2-12,20H,13-17H2,1H3/t20-/m0/s1. The number of hydrogen-bond acceptors (Lipinski definition) is 3. The molecule has 2 aliphatic heterocycles. The van der Waals surface area contributed by atoms with Gasteiger partial charge in [0.25, 0.3) is 0 Å². The van der Waals surface area contributed by atoms with Crippen molar-refractivity contribution < 1.29 is 27.1 Å². The van der Waals surface area contributed by atoms with E-state index >= 15 is 0 Å². The fourth-order valence-electron chi connectivity index (χ4n) is 5.13. The molecule has 0 aliphatic carbocycles. The van der Waals surface area contributed by atoms with Crippen LogP contribution < -0.4 is 14.5 Å². The highest BCUT2D eigenvalue weighted by Crippen LogP contribution is 2.38. The SMILES string of the molecule is COc1cccc(F)c1N1CC[C@H](N2Cc3ccccc3N(Cc3ccccc3C(F)(F)F)C2=O)C1. The number of methoxy groups -OCH3 is 1. The fraction of sp³-hybridized carbons (Fsp3) is 0.296. The van der Waals surface area contributed by atoms with Crippen molar-refractivity contribution >= 4 is 17.4 Å². The molecule has 0 bridgehead atoms. The van der Waals surface area contributed by atoms with Crippen molar-refractivity contribution in [1.29, 1.82) is 0 Å². The van der Waals surface area contributed by atoms with Crippen molar-refractivity contribution in [1.82, 2.24) is 4.90 Å². The molecule has 0 radical (unpaired) electrons. The van der Waals surface area contributed by atoms with Crippen LogP contribution in [0.2, 0.25) is 0 Å². The Morgan fingerprint density at radius 2 is 1.75 bits per heavy atom. The lowest BCUT2D eigenvalue weighted by Gasteiger charge is -2.40. The molecule has 1 saturated heterocycles. The lowest BCUT2D eigenvalue weighted by atomic mass is 10.0. The second-order valence-electron chi connectivity index (χ2n) is 8.96. The summed E-state index contributed by atoms with van der Waals surface area (Å²) in [5.74, 6) is 0.00653. The topological polar surface area (TPSA) is 36.0 Å². The predicted molar refractivity (Wildman–Crippen MR) is 129 cm³/mol. The molecule has 2 aliphatic rings. The van der Waals surface area contributed by atoms with Gasteiger partial charge in [-0.05, 0) is 41.8 Å². The van der Waals surface area contributed by atoms with Gasteiger partial charge >= 0.3 is 12.2 Å². The Balaban J connectivity index is 1.45. The van der Waals surface area contributed by atoms with E-state index in [1.165, 1.54) is 30.2 Å². The number of alkyl halides is 3. The van der Waals surface area contributed by atoms with E-state index in [2.05, 4.69) is 0 Å². The molecule has 0 saturated carbocycles. The first-order chi connectivity index (χ1) is 17.3. The summed E-state index contributed by atoms with van der Waals surface area (Å²) in [6.45, 7) is 1.03. The normalized spacial score (nSPS) is 18.0. The predicted octanol–water partition coefficient (Wildman–Crippen LogP) is 6.07. The van der Waals surface area contributed by atoms with Crippen molar-refractivity contribution in [2.75, 3.05) is 30.0 Å². The quantitative estimate of drug-likeness (QED) is 0.400. The summed E-state index contributed by atoms with van der Waals surface area (Å²) in [4.78, 5) is 18.7. The Labute approximate surface area is 206 Å². The maximum absolute atomic E-state index is 14.7. The number of rotatable bonds is 5. The first-order valence-electron chi connectivity index (χ1n) is 11.7. The molecule has 3 aromatic carbocycles. The molecule has 5 nitrogen and oxygen atoms in total. The Bertz CT molecular complexity index is 1280. The van der Waals surface area contributed by atoms with Gasteiger partial charge in [-0.2, -0.15) is 13.2 Å². The number of para-hydroxylation sites is 2. The number of nitrogens with zero attached hydrogens (tertiary/aromatic N) is 3. The van der Waals surface area contributed by atoms with Crippen LogP contribution in [0, 0.1) is 5.82 Å². The number of urea groups is 1. The highest BCUT2D eigenvalue weighted by molar-refractivity contribution is 5.95. The number of ether oxygens (including phenoxy) is 1. The summed E-state index contributed by atoms with van der Waals surface area (Å²) in [7, 11) is 1.48. The van der Waals surface area contributed by atoms with Crippen LogP contribution in [0.25, 0.3) is 0 Å². The van der Waals surface area contributed by atoms with Crippen molar-refractivity contribution in [3.8, 4) is 5.75 Å². The number of benzene rings is 3. The van der Waals surface area contributed by atoms with Crippen LogP contribution in [0.4, 0.5) is 33.7 Å². The van der Waals surface area contributed by atoms with E-state index in [-0.39, 0.29) is 24.2 Å². The van der Waals surface area contributed by atoms with Crippen LogP contribution in [-0.4, -0.2) is 37.2 Å². The minimum absolute atomic E-state index is 0.0270. The van der Waals surface area contributed by atoms with Crippen molar-refractivity contribution in [3.05, 3.63) is 89.2 Å². The molecule has 1 fully saturated rings. The van der Waals surface area contributed by atoms with Crippen molar-refractivity contribution in [2.24, 2.45) is 0 Å². The molecule has 3 aromatic rings. The zero-order valence-electron chi connectivity index (χ0n) is 19.6. The molecule has 9 heteroatoms. The van der Waals surface area contributed by atoms with E-state index in [4.69, 9.17) is 4.74 Å². The number of anilines is 2. The van der Waals surface area contributed by atoms with Gasteiger partial charge in [0.1, 0.15) is 17.3 Å². The number of carbonyl (C=O) groups is 1. The molecule has 2 amide bonds. The summed E-state index contributed by atoms with van der Waals surface area (Å²) >= 11 is 0. The first-order valence-corrected chi connectivity index (χ1v) is 11.7. The van der Waals surface area contributed by atoms with E-state index in [9.17, 15) is 22.4 Å². The molecule has 36 heavy (non-hydrogen) atoms. The molecule has 2 heterocycles. The van der Waals surface area contributed by atoms with Gasteiger partial charge in [0, 0.05) is 19.6 Å². The monoisotopic (exact) mass is 499 g/mol. The maximum atomic E-state index is 14.7. The van der Waals surface area contributed by atoms with Crippen LogP contribution in [0.1, 0.15) is 23.1 Å². The van der Waals surface area contributed by atoms with E-state index in [1.54, 1.807) is 35.2 Å². The van der Waals surface area contributed by atoms with E-state index in [0.29, 0.717) is 43.2 Å². The van der Waals surface area contributed by atoms with Gasteiger partial charge in [-0.1, -0.05) is 42.5 Å². The summed E-state index contributed by atoms with van der Waals surface area (Å²) in [5, 5.41) is 0.